The van der Waals surface area contributed by atoms with Crippen molar-refractivity contribution >= 4 is 11.8 Å². The van der Waals surface area contributed by atoms with E-state index in [1.54, 1.807) is 55.2 Å². The highest BCUT2D eigenvalue weighted by atomic mass is 16.5. The van der Waals surface area contributed by atoms with Crippen molar-refractivity contribution in [2.24, 2.45) is 0 Å². The van der Waals surface area contributed by atoms with Crippen LogP contribution in [0.25, 0.3) is 11.3 Å². The molecule has 1 aliphatic rings. The van der Waals surface area contributed by atoms with Crippen LogP contribution in [0.5, 0.6) is 5.75 Å². The minimum absolute atomic E-state index is 0.0249. The van der Waals surface area contributed by atoms with Gasteiger partial charge in [-0.1, -0.05) is 6.07 Å². The van der Waals surface area contributed by atoms with E-state index in [1.165, 1.54) is 0 Å². The molecule has 6 nitrogen and oxygen atoms in total. The molecule has 1 aromatic carbocycles. The Kier molecular flexibility index (Phi) is 5.17. The molecule has 1 saturated heterocycles. The molecule has 27 heavy (non-hydrogen) atoms. The minimum atomic E-state index is -0.879. The first-order valence-electron chi connectivity index (χ1n) is 9.11. The van der Waals surface area contributed by atoms with Crippen molar-refractivity contribution in [2.45, 2.75) is 26.3 Å². The Bertz CT molecular complexity index is 849. The van der Waals surface area contributed by atoms with E-state index >= 15 is 0 Å². The molecular formula is C21H25N3O3. The fourth-order valence-corrected chi connectivity index (χ4v) is 3.48. The second kappa shape index (κ2) is 7.39. The smallest absolute Gasteiger partial charge is 0.254 e. The van der Waals surface area contributed by atoms with Gasteiger partial charge in [-0.15, -0.1) is 0 Å². The minimum Gasteiger partial charge on any atom is -0.496 e. The van der Waals surface area contributed by atoms with Crippen LogP contribution in [0, 0.1) is 0 Å². The van der Waals surface area contributed by atoms with Crippen LogP contribution in [0.1, 0.15) is 31.1 Å². The number of rotatable bonds is 4. The zero-order valence-electron chi connectivity index (χ0n) is 16.2. The first kappa shape index (κ1) is 18.9. The van der Waals surface area contributed by atoms with Crippen molar-refractivity contribution in [1.29, 1.82) is 0 Å². The van der Waals surface area contributed by atoms with Crippen LogP contribution in [0.3, 0.4) is 0 Å². The number of carbonyl (C=O) groups excluding carboxylic acids is 2. The maximum atomic E-state index is 13.2. The Balaban J connectivity index is 1.97. The van der Waals surface area contributed by atoms with Gasteiger partial charge < -0.3 is 14.5 Å². The second-order valence-electron chi connectivity index (χ2n) is 7.03. The summed E-state index contributed by atoms with van der Waals surface area (Å²) in [6.07, 6.45) is 1.70. The van der Waals surface area contributed by atoms with E-state index in [2.05, 4.69) is 4.98 Å². The van der Waals surface area contributed by atoms with Gasteiger partial charge in [-0.2, -0.15) is 0 Å². The maximum Gasteiger partial charge on any atom is 0.254 e. The molecule has 1 aliphatic heterocycles. The molecule has 0 aliphatic carbocycles. The van der Waals surface area contributed by atoms with Gasteiger partial charge in [0.1, 0.15) is 11.3 Å². The Morgan fingerprint density at radius 2 is 2.00 bits per heavy atom. The fraction of sp³-hybridized carbons (Fsp3) is 0.381. The molecule has 2 aromatic rings. The van der Waals surface area contributed by atoms with Crippen LogP contribution in [0.15, 0.2) is 42.6 Å². The van der Waals surface area contributed by atoms with E-state index in [4.69, 9.17) is 4.74 Å². The number of amides is 2. The molecule has 0 bridgehead atoms. The number of likely N-dealkylation sites (N-methyl/N-ethyl adjacent to an activating group) is 1. The predicted octanol–water partition coefficient (Wildman–Crippen LogP) is 2.84. The molecule has 2 amide bonds. The maximum absolute atomic E-state index is 13.2. The summed E-state index contributed by atoms with van der Waals surface area (Å²) >= 11 is 0. The first-order chi connectivity index (χ1) is 12.9. The Morgan fingerprint density at radius 3 is 2.63 bits per heavy atom. The number of pyridine rings is 1. The number of aromatic nitrogens is 1. The average Bonchev–Trinajstić information content (AvgIpc) is 2.69. The number of carbonyl (C=O) groups is 2. The molecule has 0 unspecified atom stereocenters. The highest BCUT2D eigenvalue weighted by Crippen LogP contribution is 2.31. The van der Waals surface area contributed by atoms with E-state index in [9.17, 15) is 9.59 Å². The van der Waals surface area contributed by atoms with Crippen LogP contribution in [0.2, 0.25) is 0 Å². The van der Waals surface area contributed by atoms with Gasteiger partial charge in [-0.05, 0) is 51.1 Å². The highest BCUT2D eigenvalue weighted by Gasteiger charge is 2.43. The van der Waals surface area contributed by atoms with Crippen molar-refractivity contribution in [1.82, 2.24) is 14.8 Å². The third-order valence-corrected chi connectivity index (χ3v) is 5.09. The topological polar surface area (TPSA) is 62.7 Å². The zero-order chi connectivity index (χ0) is 19.6. The molecule has 0 spiro atoms. The van der Waals surface area contributed by atoms with Crippen molar-refractivity contribution in [3.8, 4) is 17.0 Å². The van der Waals surface area contributed by atoms with Crippen LogP contribution >= 0.6 is 0 Å². The highest BCUT2D eigenvalue weighted by molar-refractivity contribution is 6.00. The molecule has 0 radical (unpaired) electrons. The number of hydrogen-bond acceptors (Lipinski definition) is 4. The Morgan fingerprint density at radius 1 is 1.22 bits per heavy atom. The van der Waals surface area contributed by atoms with Gasteiger partial charge in [0.2, 0.25) is 5.91 Å². The van der Waals surface area contributed by atoms with Gasteiger partial charge >= 0.3 is 0 Å². The van der Waals surface area contributed by atoms with Crippen molar-refractivity contribution in [2.75, 3.05) is 26.7 Å². The number of hydrogen-bond donors (Lipinski definition) is 0. The number of benzene rings is 1. The molecule has 2 heterocycles. The van der Waals surface area contributed by atoms with Crippen LogP contribution in [-0.2, 0) is 4.79 Å². The van der Waals surface area contributed by atoms with Crippen LogP contribution < -0.4 is 4.74 Å². The largest absolute Gasteiger partial charge is 0.496 e. The summed E-state index contributed by atoms with van der Waals surface area (Å²) in [4.78, 5) is 33.8. The third kappa shape index (κ3) is 3.39. The first-order valence-corrected chi connectivity index (χ1v) is 9.11. The van der Waals surface area contributed by atoms with E-state index in [-0.39, 0.29) is 11.8 Å². The van der Waals surface area contributed by atoms with Gasteiger partial charge in [0, 0.05) is 37.0 Å². The predicted molar refractivity (Wildman–Crippen MR) is 104 cm³/mol. The summed E-state index contributed by atoms with van der Waals surface area (Å²) < 4.78 is 5.44. The summed E-state index contributed by atoms with van der Waals surface area (Å²) in [6.45, 7) is 7.27. The van der Waals surface area contributed by atoms with E-state index in [1.807, 2.05) is 25.1 Å². The standard InChI is InChI=1S/C21H25N3O3/c1-5-23-12-13-24(21(2,3)20(23)26)19(25)15-9-10-18(27-4)16(14-15)17-8-6-7-11-22-17/h6-11,14H,5,12-13H2,1-4H3. The van der Waals surface area contributed by atoms with Gasteiger partial charge in [0.05, 0.1) is 12.8 Å². The molecule has 1 fully saturated rings. The monoisotopic (exact) mass is 367 g/mol. The van der Waals surface area contributed by atoms with E-state index in [0.29, 0.717) is 30.9 Å². The van der Waals surface area contributed by atoms with Gasteiger partial charge in [-0.3, -0.25) is 14.6 Å². The normalized spacial score (nSPS) is 16.4. The Hall–Kier alpha value is -2.89. The van der Waals surface area contributed by atoms with Crippen molar-refractivity contribution in [3.05, 3.63) is 48.2 Å². The zero-order valence-corrected chi connectivity index (χ0v) is 16.2. The lowest BCUT2D eigenvalue weighted by atomic mass is 9.95. The molecule has 1 aromatic heterocycles. The number of methoxy groups -OCH3 is 1. The second-order valence-corrected chi connectivity index (χ2v) is 7.03. The van der Waals surface area contributed by atoms with Gasteiger partial charge in [0.15, 0.2) is 0 Å². The molecule has 142 valence electrons. The van der Waals surface area contributed by atoms with Gasteiger partial charge in [0.25, 0.3) is 5.91 Å². The molecule has 6 heteroatoms. The molecule has 3 rings (SSSR count). The summed E-state index contributed by atoms with van der Waals surface area (Å²) in [5.74, 6) is 0.461. The summed E-state index contributed by atoms with van der Waals surface area (Å²) in [5, 5.41) is 0. The number of piperazine rings is 1. The quantitative estimate of drug-likeness (QED) is 0.834. The number of ether oxygens (including phenoxy) is 1. The number of nitrogens with zero attached hydrogens (tertiary/aromatic N) is 3. The molecule has 0 saturated carbocycles. The summed E-state index contributed by atoms with van der Waals surface area (Å²) in [7, 11) is 1.59. The van der Waals surface area contributed by atoms with Crippen LogP contribution in [-0.4, -0.2) is 58.9 Å². The SMILES string of the molecule is CCN1CCN(C(=O)c2ccc(OC)c(-c3ccccn3)c2)C(C)(C)C1=O. The summed E-state index contributed by atoms with van der Waals surface area (Å²) in [5.41, 5.74) is 1.12. The van der Waals surface area contributed by atoms with Crippen molar-refractivity contribution in [3.63, 3.8) is 0 Å². The van der Waals surface area contributed by atoms with Crippen molar-refractivity contribution < 1.29 is 14.3 Å². The van der Waals surface area contributed by atoms with E-state index < -0.39 is 5.54 Å². The molecule has 0 atom stereocenters. The Labute approximate surface area is 159 Å². The fourth-order valence-electron chi connectivity index (χ4n) is 3.48. The van der Waals surface area contributed by atoms with Crippen LogP contribution in [0.4, 0.5) is 0 Å². The lowest BCUT2D eigenvalue weighted by Crippen LogP contribution is -2.64. The third-order valence-electron chi connectivity index (χ3n) is 5.09. The van der Waals surface area contributed by atoms with E-state index in [0.717, 1.165) is 11.3 Å². The molecule has 0 N–H and O–H groups in total. The van der Waals surface area contributed by atoms with Gasteiger partial charge in [-0.25, -0.2) is 0 Å². The lowest BCUT2D eigenvalue weighted by Gasteiger charge is -2.45. The lowest BCUT2D eigenvalue weighted by molar-refractivity contribution is -0.146. The average molecular weight is 367 g/mol. The molecular weight excluding hydrogens is 342 g/mol. The summed E-state index contributed by atoms with van der Waals surface area (Å²) in [6, 6.07) is 10.9.